The van der Waals surface area contributed by atoms with E-state index in [-0.39, 0.29) is 5.56 Å². The fourth-order valence-corrected chi connectivity index (χ4v) is 1.73. The molecule has 2 aromatic rings. The number of carboxylic acids is 1. The van der Waals surface area contributed by atoms with Crippen molar-refractivity contribution in [2.75, 3.05) is 5.32 Å². The molecular weight excluding hydrogens is 260 g/mol. The first-order valence-corrected chi connectivity index (χ1v) is 5.93. The first kappa shape index (κ1) is 13.6. The monoisotopic (exact) mass is 274 g/mol. The lowest BCUT2D eigenvalue weighted by Gasteiger charge is -2.12. The predicted molar refractivity (Wildman–Crippen MR) is 72.6 cm³/mol. The average molecular weight is 274 g/mol. The number of carboxylic acid groups (broad SMARTS) is 1. The summed E-state index contributed by atoms with van der Waals surface area (Å²) in [5, 5.41) is 20.7. The summed E-state index contributed by atoms with van der Waals surface area (Å²) >= 11 is 0. The van der Waals surface area contributed by atoms with Crippen molar-refractivity contribution in [3.05, 3.63) is 47.3 Å². The average Bonchev–Trinajstić information content (AvgIpc) is 2.91. The quantitative estimate of drug-likeness (QED) is 0.681. The van der Waals surface area contributed by atoms with Gasteiger partial charge in [0.25, 0.3) is 0 Å². The van der Waals surface area contributed by atoms with Crippen LogP contribution in [-0.4, -0.2) is 27.3 Å². The molecule has 0 spiro atoms. The van der Waals surface area contributed by atoms with Crippen molar-refractivity contribution in [3.8, 4) is 0 Å². The van der Waals surface area contributed by atoms with E-state index in [0.717, 1.165) is 5.56 Å². The Hall–Kier alpha value is -2.83. The maximum Gasteiger partial charge on any atom is 0.337 e. The summed E-state index contributed by atoms with van der Waals surface area (Å²) in [4.78, 5) is 22.9. The predicted octanol–water partition coefficient (Wildman–Crippen LogP) is 1.74. The summed E-state index contributed by atoms with van der Waals surface area (Å²) < 4.78 is 0. The molecule has 2 amide bonds. The minimum Gasteiger partial charge on any atom is -0.478 e. The molecule has 1 heterocycles. The highest BCUT2D eigenvalue weighted by atomic mass is 16.4. The molecule has 0 saturated carbocycles. The van der Waals surface area contributed by atoms with Crippen molar-refractivity contribution < 1.29 is 14.7 Å². The second kappa shape index (κ2) is 5.87. The van der Waals surface area contributed by atoms with Crippen molar-refractivity contribution in [2.45, 2.75) is 13.5 Å². The fraction of sp³-hybridized carbons (Fsp3) is 0.154. The van der Waals surface area contributed by atoms with Gasteiger partial charge in [-0.1, -0.05) is 12.1 Å². The third-order valence-electron chi connectivity index (χ3n) is 2.75. The van der Waals surface area contributed by atoms with Crippen LogP contribution in [0.25, 0.3) is 0 Å². The van der Waals surface area contributed by atoms with Crippen LogP contribution in [-0.2, 0) is 6.54 Å². The molecule has 0 aliphatic carbocycles. The first-order valence-electron chi connectivity index (χ1n) is 5.93. The number of benzene rings is 1. The van der Waals surface area contributed by atoms with Crippen molar-refractivity contribution in [1.29, 1.82) is 0 Å². The summed E-state index contributed by atoms with van der Waals surface area (Å²) in [6, 6.07) is 4.34. The summed E-state index contributed by atoms with van der Waals surface area (Å²) in [7, 11) is 0. The third-order valence-corrected chi connectivity index (χ3v) is 2.75. The summed E-state index contributed by atoms with van der Waals surface area (Å²) in [6.45, 7) is 2.04. The van der Waals surface area contributed by atoms with Gasteiger partial charge in [-0.2, -0.15) is 5.10 Å². The molecule has 0 aliphatic heterocycles. The third kappa shape index (κ3) is 3.14. The summed E-state index contributed by atoms with van der Waals surface area (Å²) in [5.41, 5.74) is 1.86. The lowest BCUT2D eigenvalue weighted by molar-refractivity contribution is 0.0698. The molecule has 0 atom stereocenters. The minimum absolute atomic E-state index is 0.0588. The van der Waals surface area contributed by atoms with Gasteiger partial charge in [-0.25, -0.2) is 9.59 Å². The van der Waals surface area contributed by atoms with Crippen molar-refractivity contribution in [1.82, 2.24) is 15.5 Å². The minimum atomic E-state index is -1.08. The highest BCUT2D eigenvalue weighted by Crippen LogP contribution is 2.20. The number of carbonyl (C=O) groups is 2. The molecule has 1 aromatic heterocycles. The molecule has 4 N–H and O–H groups in total. The Labute approximate surface area is 115 Å². The number of aromatic carboxylic acids is 1. The van der Waals surface area contributed by atoms with E-state index in [9.17, 15) is 9.59 Å². The van der Waals surface area contributed by atoms with Gasteiger partial charge in [0.2, 0.25) is 0 Å². The number of anilines is 1. The number of carbonyl (C=O) groups excluding carboxylic acids is 1. The van der Waals surface area contributed by atoms with Crippen LogP contribution in [0, 0.1) is 6.92 Å². The zero-order chi connectivity index (χ0) is 14.5. The number of rotatable bonds is 4. The van der Waals surface area contributed by atoms with E-state index >= 15 is 0 Å². The van der Waals surface area contributed by atoms with Crippen LogP contribution in [0.2, 0.25) is 0 Å². The largest absolute Gasteiger partial charge is 0.478 e. The van der Waals surface area contributed by atoms with Gasteiger partial charge in [0.1, 0.15) is 0 Å². The highest BCUT2D eigenvalue weighted by Gasteiger charge is 2.14. The number of nitrogens with one attached hydrogen (secondary N) is 3. The molecule has 0 fully saturated rings. The van der Waals surface area contributed by atoms with Crippen LogP contribution < -0.4 is 10.6 Å². The van der Waals surface area contributed by atoms with Crippen molar-refractivity contribution in [2.24, 2.45) is 0 Å². The SMILES string of the molecule is Cc1cccc(C(=O)O)c1NC(=O)NCc1cn[nH]c1. The molecule has 2 rings (SSSR count). The van der Waals surface area contributed by atoms with Gasteiger partial charge in [-0.3, -0.25) is 5.10 Å². The number of nitrogens with zero attached hydrogens (tertiary/aromatic N) is 1. The number of hydrogen-bond donors (Lipinski definition) is 4. The number of para-hydroxylation sites is 1. The van der Waals surface area contributed by atoms with E-state index in [4.69, 9.17) is 5.11 Å². The molecule has 0 radical (unpaired) electrons. The Morgan fingerprint density at radius 1 is 1.40 bits per heavy atom. The summed E-state index contributed by atoms with van der Waals surface area (Å²) in [5.74, 6) is -1.08. The second-order valence-electron chi connectivity index (χ2n) is 4.22. The molecule has 7 nitrogen and oxygen atoms in total. The number of hydrogen-bond acceptors (Lipinski definition) is 3. The second-order valence-corrected chi connectivity index (χ2v) is 4.22. The molecule has 1 aromatic carbocycles. The lowest BCUT2D eigenvalue weighted by atomic mass is 10.1. The molecular formula is C13H14N4O3. The molecule has 20 heavy (non-hydrogen) atoms. The Bertz CT molecular complexity index is 623. The smallest absolute Gasteiger partial charge is 0.337 e. The van der Waals surface area contributed by atoms with E-state index in [2.05, 4.69) is 20.8 Å². The zero-order valence-electron chi connectivity index (χ0n) is 10.8. The van der Waals surface area contributed by atoms with Gasteiger partial charge in [-0.05, 0) is 18.6 Å². The highest BCUT2D eigenvalue weighted by molar-refractivity contribution is 6.00. The van der Waals surface area contributed by atoms with Crippen LogP contribution >= 0.6 is 0 Å². The van der Waals surface area contributed by atoms with E-state index in [1.54, 1.807) is 31.5 Å². The van der Waals surface area contributed by atoms with Crippen LogP contribution in [0.3, 0.4) is 0 Å². The molecule has 104 valence electrons. The van der Waals surface area contributed by atoms with Gasteiger partial charge in [0.05, 0.1) is 17.4 Å². The number of aromatic amines is 1. The Kier molecular flexibility index (Phi) is 3.99. The molecule has 0 unspecified atom stereocenters. The van der Waals surface area contributed by atoms with Gasteiger partial charge in [0, 0.05) is 18.3 Å². The number of H-pyrrole nitrogens is 1. The number of aromatic nitrogens is 2. The number of amides is 2. The van der Waals surface area contributed by atoms with E-state index in [1.165, 1.54) is 6.07 Å². The van der Waals surface area contributed by atoms with Gasteiger partial charge in [0.15, 0.2) is 0 Å². The van der Waals surface area contributed by atoms with Gasteiger partial charge < -0.3 is 15.7 Å². The molecule has 7 heteroatoms. The van der Waals surface area contributed by atoms with Gasteiger partial charge in [-0.15, -0.1) is 0 Å². The van der Waals surface area contributed by atoms with Crippen LogP contribution in [0.5, 0.6) is 0 Å². The number of aryl methyl sites for hydroxylation is 1. The number of urea groups is 1. The zero-order valence-corrected chi connectivity index (χ0v) is 10.8. The summed E-state index contributed by atoms with van der Waals surface area (Å²) in [6.07, 6.45) is 3.26. The fourth-order valence-electron chi connectivity index (χ4n) is 1.73. The Balaban J connectivity index is 2.06. The Morgan fingerprint density at radius 2 is 2.20 bits per heavy atom. The van der Waals surface area contributed by atoms with Gasteiger partial charge >= 0.3 is 12.0 Å². The van der Waals surface area contributed by atoms with Crippen LogP contribution in [0.4, 0.5) is 10.5 Å². The van der Waals surface area contributed by atoms with E-state index in [0.29, 0.717) is 17.8 Å². The van der Waals surface area contributed by atoms with E-state index in [1.807, 2.05) is 0 Å². The Morgan fingerprint density at radius 3 is 2.85 bits per heavy atom. The standard InChI is InChI=1S/C13H14N4O3/c1-8-3-2-4-10(12(18)19)11(8)17-13(20)14-5-9-6-15-16-7-9/h2-4,6-7H,5H2,1H3,(H,15,16)(H,18,19)(H2,14,17,20). The molecule has 0 saturated heterocycles. The first-order chi connectivity index (χ1) is 9.58. The maximum absolute atomic E-state index is 11.8. The van der Waals surface area contributed by atoms with Crippen LogP contribution in [0.1, 0.15) is 21.5 Å². The van der Waals surface area contributed by atoms with Crippen molar-refractivity contribution >= 4 is 17.7 Å². The molecule has 0 aliphatic rings. The van der Waals surface area contributed by atoms with Crippen molar-refractivity contribution in [3.63, 3.8) is 0 Å². The van der Waals surface area contributed by atoms with E-state index < -0.39 is 12.0 Å². The van der Waals surface area contributed by atoms with Crippen LogP contribution in [0.15, 0.2) is 30.6 Å². The lowest BCUT2D eigenvalue weighted by Crippen LogP contribution is -2.29. The molecule has 0 bridgehead atoms. The topological polar surface area (TPSA) is 107 Å². The maximum atomic E-state index is 11.8. The normalized spacial score (nSPS) is 10.1.